The minimum Gasteiger partial charge on any atom is -0.276 e. The molecule has 0 aliphatic rings. The van der Waals surface area contributed by atoms with E-state index in [0.717, 1.165) is 5.69 Å². The van der Waals surface area contributed by atoms with E-state index in [1.165, 1.54) is 11.4 Å². The average Bonchev–Trinajstić information content (AvgIpc) is 2.89. The maximum atomic E-state index is 4.33. The molecule has 2 aromatic rings. The van der Waals surface area contributed by atoms with E-state index in [9.17, 15) is 0 Å². The number of aryl methyl sites for hydroxylation is 4. The van der Waals surface area contributed by atoms with Crippen LogP contribution >= 0.6 is 0 Å². The van der Waals surface area contributed by atoms with Gasteiger partial charge in [-0.2, -0.15) is 10.2 Å². The summed E-state index contributed by atoms with van der Waals surface area (Å²) in [6.45, 7) is 12.3. The standard InChI is InChI=1S/C8H14N2.C5H8N2.C2H6/c1-6(2)8-5-7(3)10(4)9-8;1-5-3-4-7(2)6-5;1-2/h5-6H,1-4H3;3-4H,1-2H3;1-2H3. The van der Waals surface area contributed by atoms with Gasteiger partial charge >= 0.3 is 0 Å². The first-order chi connectivity index (χ1) is 8.90. The predicted octanol–water partition coefficient (Wildman–Crippen LogP) is 3.61. The summed E-state index contributed by atoms with van der Waals surface area (Å²) in [5.41, 5.74) is 3.48. The molecule has 0 aromatic carbocycles. The summed E-state index contributed by atoms with van der Waals surface area (Å²) in [6.07, 6.45) is 1.93. The van der Waals surface area contributed by atoms with E-state index in [2.05, 4.69) is 37.0 Å². The van der Waals surface area contributed by atoms with Crippen molar-refractivity contribution in [2.24, 2.45) is 14.1 Å². The molecule has 0 atom stereocenters. The second-order valence-corrected chi connectivity index (χ2v) is 4.62. The summed E-state index contributed by atoms with van der Waals surface area (Å²) in [7, 11) is 3.88. The molecule has 0 radical (unpaired) electrons. The zero-order chi connectivity index (χ0) is 15.0. The van der Waals surface area contributed by atoms with Gasteiger partial charge in [0, 0.05) is 26.0 Å². The maximum Gasteiger partial charge on any atom is 0.0652 e. The maximum absolute atomic E-state index is 4.33. The lowest BCUT2D eigenvalue weighted by Gasteiger charge is -1.95. The normalized spacial score (nSPS) is 9.53. The zero-order valence-electron chi connectivity index (χ0n) is 13.6. The van der Waals surface area contributed by atoms with E-state index in [-0.39, 0.29) is 0 Å². The highest BCUT2D eigenvalue weighted by molar-refractivity contribution is 5.11. The topological polar surface area (TPSA) is 35.6 Å². The van der Waals surface area contributed by atoms with Gasteiger partial charge in [0.2, 0.25) is 0 Å². The Balaban J connectivity index is 0.000000316. The Hall–Kier alpha value is -1.58. The third kappa shape index (κ3) is 6.22. The highest BCUT2D eigenvalue weighted by atomic mass is 15.3. The molecule has 0 aliphatic carbocycles. The molecule has 0 saturated heterocycles. The van der Waals surface area contributed by atoms with E-state index in [1.54, 1.807) is 4.68 Å². The van der Waals surface area contributed by atoms with Gasteiger partial charge in [0.1, 0.15) is 0 Å². The predicted molar refractivity (Wildman–Crippen MR) is 81.3 cm³/mol. The molecule has 0 fully saturated rings. The van der Waals surface area contributed by atoms with E-state index >= 15 is 0 Å². The Labute approximate surface area is 117 Å². The van der Waals surface area contributed by atoms with Crippen molar-refractivity contribution in [3.63, 3.8) is 0 Å². The number of rotatable bonds is 1. The van der Waals surface area contributed by atoms with Crippen LogP contribution < -0.4 is 0 Å². The van der Waals surface area contributed by atoms with Crippen LogP contribution in [0.4, 0.5) is 0 Å². The largest absolute Gasteiger partial charge is 0.276 e. The van der Waals surface area contributed by atoms with E-state index in [1.807, 2.05) is 51.8 Å². The summed E-state index contributed by atoms with van der Waals surface area (Å²) >= 11 is 0. The molecule has 19 heavy (non-hydrogen) atoms. The van der Waals surface area contributed by atoms with E-state index in [0.29, 0.717) is 5.92 Å². The van der Waals surface area contributed by atoms with Crippen molar-refractivity contribution in [3.05, 3.63) is 35.4 Å². The van der Waals surface area contributed by atoms with Crippen LogP contribution in [-0.2, 0) is 14.1 Å². The van der Waals surface area contributed by atoms with Gasteiger partial charge in [-0.25, -0.2) is 0 Å². The van der Waals surface area contributed by atoms with Crippen molar-refractivity contribution in [1.29, 1.82) is 0 Å². The lowest BCUT2D eigenvalue weighted by Crippen LogP contribution is -1.94. The SMILES string of the molecule is CC.Cc1cc(C(C)C)nn1C.Cc1ccn(C)n1. The van der Waals surface area contributed by atoms with Crippen molar-refractivity contribution in [3.8, 4) is 0 Å². The Morgan fingerprint density at radius 3 is 1.79 bits per heavy atom. The number of hydrogen-bond acceptors (Lipinski definition) is 2. The van der Waals surface area contributed by atoms with E-state index in [4.69, 9.17) is 0 Å². The zero-order valence-corrected chi connectivity index (χ0v) is 13.6. The van der Waals surface area contributed by atoms with Crippen LogP contribution in [0.1, 0.15) is 50.7 Å². The molecule has 0 aliphatic heterocycles. The van der Waals surface area contributed by atoms with Crippen LogP contribution in [0.25, 0.3) is 0 Å². The first-order valence-corrected chi connectivity index (χ1v) is 6.87. The summed E-state index contributed by atoms with van der Waals surface area (Å²) in [5.74, 6) is 0.542. The van der Waals surface area contributed by atoms with Crippen molar-refractivity contribution >= 4 is 0 Å². The molecule has 0 amide bonds. The third-order valence-corrected chi connectivity index (χ3v) is 2.57. The molecule has 0 saturated carbocycles. The lowest BCUT2D eigenvalue weighted by atomic mass is 10.1. The quantitative estimate of drug-likeness (QED) is 0.789. The fourth-order valence-electron chi connectivity index (χ4n) is 1.40. The number of hydrogen-bond donors (Lipinski definition) is 0. The fraction of sp³-hybridized carbons (Fsp3) is 0.600. The van der Waals surface area contributed by atoms with Gasteiger partial charge in [-0.3, -0.25) is 9.36 Å². The minimum absolute atomic E-state index is 0.542. The molecular weight excluding hydrogens is 236 g/mol. The molecule has 4 heteroatoms. The highest BCUT2D eigenvalue weighted by Gasteiger charge is 2.03. The van der Waals surface area contributed by atoms with Crippen LogP contribution in [-0.4, -0.2) is 19.6 Å². The molecule has 0 bridgehead atoms. The Morgan fingerprint density at radius 2 is 1.63 bits per heavy atom. The first-order valence-electron chi connectivity index (χ1n) is 6.87. The summed E-state index contributed by atoms with van der Waals surface area (Å²) in [5, 5.41) is 8.35. The fourth-order valence-corrected chi connectivity index (χ4v) is 1.40. The van der Waals surface area contributed by atoms with Gasteiger partial charge < -0.3 is 0 Å². The Kier molecular flexibility index (Phi) is 7.80. The van der Waals surface area contributed by atoms with Crippen molar-refractivity contribution in [2.75, 3.05) is 0 Å². The van der Waals surface area contributed by atoms with Crippen LogP contribution in [0.5, 0.6) is 0 Å². The van der Waals surface area contributed by atoms with Gasteiger partial charge in [-0.05, 0) is 31.9 Å². The Morgan fingerprint density at radius 1 is 1.05 bits per heavy atom. The molecule has 0 N–H and O–H groups in total. The summed E-state index contributed by atoms with van der Waals surface area (Å²) < 4.78 is 3.70. The molecule has 0 spiro atoms. The first kappa shape index (κ1) is 17.4. The summed E-state index contributed by atoms with van der Waals surface area (Å²) in [4.78, 5) is 0. The number of nitrogens with zero attached hydrogens (tertiary/aromatic N) is 4. The van der Waals surface area contributed by atoms with E-state index < -0.39 is 0 Å². The van der Waals surface area contributed by atoms with Crippen LogP contribution in [0.15, 0.2) is 18.3 Å². The second kappa shape index (κ2) is 8.51. The highest BCUT2D eigenvalue weighted by Crippen LogP contribution is 2.12. The Bertz CT molecular complexity index is 430. The molecule has 0 unspecified atom stereocenters. The van der Waals surface area contributed by atoms with Gasteiger partial charge in [0.15, 0.2) is 0 Å². The summed E-state index contributed by atoms with van der Waals surface area (Å²) in [6, 6.07) is 4.10. The van der Waals surface area contributed by atoms with Gasteiger partial charge in [0.25, 0.3) is 0 Å². The molecule has 2 rings (SSSR count). The van der Waals surface area contributed by atoms with Crippen LogP contribution in [0.2, 0.25) is 0 Å². The van der Waals surface area contributed by atoms with Crippen molar-refractivity contribution in [1.82, 2.24) is 19.6 Å². The molecule has 2 heterocycles. The second-order valence-electron chi connectivity index (χ2n) is 4.62. The van der Waals surface area contributed by atoms with Gasteiger partial charge in [0.05, 0.1) is 11.4 Å². The van der Waals surface area contributed by atoms with Crippen molar-refractivity contribution < 1.29 is 0 Å². The monoisotopic (exact) mass is 264 g/mol. The lowest BCUT2D eigenvalue weighted by molar-refractivity contribution is 0.698. The molecular formula is C15H28N4. The van der Waals surface area contributed by atoms with Crippen LogP contribution in [0, 0.1) is 13.8 Å². The van der Waals surface area contributed by atoms with Crippen LogP contribution in [0.3, 0.4) is 0 Å². The third-order valence-electron chi connectivity index (χ3n) is 2.57. The van der Waals surface area contributed by atoms with Gasteiger partial charge in [-0.1, -0.05) is 27.7 Å². The average molecular weight is 264 g/mol. The smallest absolute Gasteiger partial charge is 0.0652 e. The molecule has 108 valence electrons. The molecule has 4 nitrogen and oxygen atoms in total. The molecule has 2 aromatic heterocycles. The minimum atomic E-state index is 0.542. The van der Waals surface area contributed by atoms with Crippen molar-refractivity contribution in [2.45, 2.75) is 47.5 Å². The number of aromatic nitrogens is 4. The van der Waals surface area contributed by atoms with Gasteiger partial charge in [-0.15, -0.1) is 0 Å².